The van der Waals surface area contributed by atoms with Crippen molar-refractivity contribution in [2.45, 2.75) is 57.8 Å². The van der Waals surface area contributed by atoms with Crippen LogP contribution in [0.25, 0.3) is 22.5 Å². The summed E-state index contributed by atoms with van der Waals surface area (Å²) < 4.78 is 0.763. The topological polar surface area (TPSA) is 111 Å². The molecule has 2 aliphatic rings. The summed E-state index contributed by atoms with van der Waals surface area (Å²) in [7, 11) is 0. The molecule has 0 atom stereocenters. The van der Waals surface area contributed by atoms with Crippen molar-refractivity contribution in [2.24, 2.45) is 0 Å². The summed E-state index contributed by atoms with van der Waals surface area (Å²) in [6, 6.07) is 40.3. The Hall–Kier alpha value is -5.42. The highest BCUT2D eigenvalue weighted by Crippen LogP contribution is 2.26. The van der Waals surface area contributed by atoms with Crippen LogP contribution in [0.4, 0.5) is 38.2 Å². The van der Waals surface area contributed by atoms with Crippen LogP contribution in [0, 0.1) is 0 Å². The molecule has 0 radical (unpaired) electrons. The van der Waals surface area contributed by atoms with E-state index in [1.165, 1.54) is 57.8 Å². The maximum absolute atomic E-state index is 12.3. The van der Waals surface area contributed by atoms with Crippen molar-refractivity contribution in [3.05, 3.63) is 148 Å². The highest BCUT2D eigenvalue weighted by atomic mass is 79.9. The van der Waals surface area contributed by atoms with Gasteiger partial charge in [0, 0.05) is 57.0 Å². The maximum atomic E-state index is 12.3. The van der Waals surface area contributed by atoms with Crippen molar-refractivity contribution < 1.29 is 9.59 Å². The van der Waals surface area contributed by atoms with E-state index in [2.05, 4.69) is 53.1 Å². The predicted molar refractivity (Wildman–Crippen MR) is 249 cm³/mol. The lowest BCUT2D eigenvalue weighted by molar-refractivity contribution is 0.261. The van der Waals surface area contributed by atoms with Crippen LogP contribution >= 0.6 is 39.1 Å². The molecule has 9 nitrogen and oxygen atoms in total. The van der Waals surface area contributed by atoms with Crippen LogP contribution in [0.2, 0.25) is 10.0 Å². The third-order valence-corrected chi connectivity index (χ3v) is 10.6. The Morgan fingerprint density at radius 3 is 1.36 bits per heavy atom. The van der Waals surface area contributed by atoms with E-state index in [0.29, 0.717) is 32.8 Å². The van der Waals surface area contributed by atoms with Crippen molar-refractivity contribution in [2.75, 3.05) is 39.3 Å². The van der Waals surface area contributed by atoms with Crippen molar-refractivity contribution in [3.63, 3.8) is 0 Å². The minimum Gasteiger partial charge on any atom is -0.357 e. The molecular formula is C47H48BrCl2N7O2. The maximum Gasteiger partial charge on any atom is 0.323 e. The van der Waals surface area contributed by atoms with Crippen LogP contribution in [0.1, 0.15) is 57.8 Å². The second-order valence-corrected chi connectivity index (χ2v) is 15.9. The van der Waals surface area contributed by atoms with Crippen molar-refractivity contribution >= 4 is 79.8 Å². The molecule has 3 heterocycles. The smallest absolute Gasteiger partial charge is 0.323 e. The molecule has 8 rings (SSSR count). The number of anilines is 5. The molecule has 59 heavy (non-hydrogen) atoms. The Labute approximate surface area is 365 Å². The number of halogens is 3. The molecule has 1 aliphatic heterocycles. The molecule has 1 aliphatic carbocycles. The summed E-state index contributed by atoms with van der Waals surface area (Å²) in [4.78, 5) is 36.0. The molecule has 4 N–H and O–H groups in total. The van der Waals surface area contributed by atoms with Crippen LogP contribution in [-0.2, 0) is 0 Å². The fraction of sp³-hybridized carbons (Fsp3) is 0.234. The quantitative estimate of drug-likeness (QED) is 0.119. The van der Waals surface area contributed by atoms with Crippen molar-refractivity contribution in [1.82, 2.24) is 9.97 Å². The SMILES string of the molecule is C1CCCCC1.O=C(Nc1ccc(Cl)cc1)Nc1cccc(-c2cccc(Br)n2)c1.O=C(Nc1ccc(Cl)cc1)Nc1cccc(-c2cccc(N3CCCCC3)n2)c1. The summed E-state index contributed by atoms with van der Waals surface area (Å²) in [6.07, 6.45) is 12.7. The zero-order chi connectivity index (χ0) is 41.2. The summed E-state index contributed by atoms with van der Waals surface area (Å²) in [5.74, 6) is 1.01. The molecule has 1 saturated heterocycles. The first-order chi connectivity index (χ1) is 28.8. The Balaban J connectivity index is 0.000000176. The van der Waals surface area contributed by atoms with E-state index >= 15 is 0 Å². The van der Waals surface area contributed by atoms with Crippen molar-refractivity contribution in [1.29, 1.82) is 0 Å². The molecule has 2 aromatic heterocycles. The Bertz CT molecular complexity index is 2250. The number of piperidine rings is 1. The fourth-order valence-corrected chi connectivity index (χ4v) is 7.27. The van der Waals surface area contributed by atoms with Crippen LogP contribution in [-0.4, -0.2) is 35.1 Å². The lowest BCUT2D eigenvalue weighted by Gasteiger charge is -2.28. The van der Waals surface area contributed by atoms with Crippen LogP contribution in [0.3, 0.4) is 0 Å². The van der Waals surface area contributed by atoms with Gasteiger partial charge in [0.2, 0.25) is 0 Å². The zero-order valence-corrected chi connectivity index (χ0v) is 35.9. The lowest BCUT2D eigenvalue weighted by atomic mass is 10.0. The number of carbonyl (C=O) groups is 2. The molecule has 6 aromatic rings. The van der Waals surface area contributed by atoms with Gasteiger partial charge in [-0.3, -0.25) is 0 Å². The van der Waals surface area contributed by atoms with Gasteiger partial charge in [0.15, 0.2) is 0 Å². The van der Waals surface area contributed by atoms with Crippen LogP contribution in [0.15, 0.2) is 138 Å². The highest BCUT2D eigenvalue weighted by Gasteiger charge is 2.13. The number of rotatable bonds is 7. The van der Waals surface area contributed by atoms with E-state index in [1.54, 1.807) is 48.5 Å². The number of hydrogen-bond donors (Lipinski definition) is 4. The third-order valence-electron chi connectivity index (χ3n) is 9.67. The molecule has 0 spiro atoms. The molecular weight excluding hydrogens is 845 g/mol. The largest absolute Gasteiger partial charge is 0.357 e. The Kier molecular flexibility index (Phi) is 16.6. The van der Waals surface area contributed by atoms with Gasteiger partial charge < -0.3 is 26.2 Å². The summed E-state index contributed by atoms with van der Waals surface area (Å²) in [5, 5.41) is 12.5. The Morgan fingerprint density at radius 2 is 0.881 bits per heavy atom. The van der Waals surface area contributed by atoms with Gasteiger partial charge in [-0.1, -0.05) is 98.1 Å². The third kappa shape index (κ3) is 14.4. The van der Waals surface area contributed by atoms with Gasteiger partial charge >= 0.3 is 12.1 Å². The number of benzene rings is 4. The zero-order valence-electron chi connectivity index (χ0n) is 32.8. The van der Waals surface area contributed by atoms with Gasteiger partial charge in [-0.25, -0.2) is 19.6 Å². The molecule has 304 valence electrons. The van der Waals surface area contributed by atoms with Gasteiger partial charge in [0.25, 0.3) is 0 Å². The van der Waals surface area contributed by atoms with Gasteiger partial charge in [-0.2, -0.15) is 0 Å². The molecule has 4 aromatic carbocycles. The number of urea groups is 2. The first-order valence-electron chi connectivity index (χ1n) is 20.0. The molecule has 0 unspecified atom stereocenters. The summed E-state index contributed by atoms with van der Waals surface area (Å²) in [6.45, 7) is 2.12. The van der Waals surface area contributed by atoms with Crippen LogP contribution < -0.4 is 26.2 Å². The first-order valence-corrected chi connectivity index (χ1v) is 21.5. The first kappa shape index (κ1) is 43.2. The second-order valence-electron chi connectivity index (χ2n) is 14.2. The standard InChI is InChI=1S/C23H23ClN4O.C18H13BrClN3O.C6H12/c24-18-10-12-19(13-11-18)25-23(29)26-20-7-4-6-17(16-20)21-8-5-9-22(27-21)28-14-2-1-3-15-28;19-17-6-2-5-16(23-17)12-3-1-4-15(11-12)22-18(24)21-14-9-7-13(20)8-10-14;1-2-4-6-5-3-1/h4-13,16H,1-3,14-15H2,(H2,25,26,29);1-11H,(H2,21,22,24);1-6H2. The average Bonchev–Trinajstić information content (AvgIpc) is 3.27. The molecule has 12 heteroatoms. The lowest BCUT2D eigenvalue weighted by Crippen LogP contribution is -2.30. The molecule has 1 saturated carbocycles. The minimum absolute atomic E-state index is 0.306. The number of pyridine rings is 2. The number of nitrogens with zero attached hydrogens (tertiary/aromatic N) is 3. The molecule has 0 bridgehead atoms. The van der Waals surface area contributed by atoms with Crippen molar-refractivity contribution in [3.8, 4) is 22.5 Å². The predicted octanol–water partition coefficient (Wildman–Crippen LogP) is 14.2. The number of aromatic nitrogens is 2. The normalized spacial score (nSPS) is 13.4. The second kappa shape index (κ2) is 22.7. The van der Waals surface area contributed by atoms with E-state index in [0.717, 1.165) is 46.0 Å². The molecule has 4 amide bonds. The number of hydrogen-bond acceptors (Lipinski definition) is 5. The van der Waals surface area contributed by atoms with E-state index in [9.17, 15) is 9.59 Å². The van der Waals surface area contributed by atoms with Gasteiger partial charge in [-0.15, -0.1) is 0 Å². The monoisotopic (exact) mass is 891 g/mol. The van der Waals surface area contributed by atoms with Gasteiger partial charge in [0.05, 0.1) is 11.4 Å². The highest BCUT2D eigenvalue weighted by molar-refractivity contribution is 9.10. The number of amides is 4. The minimum atomic E-state index is -0.323. The summed E-state index contributed by atoms with van der Waals surface area (Å²) >= 11 is 15.1. The Morgan fingerprint density at radius 1 is 0.475 bits per heavy atom. The van der Waals surface area contributed by atoms with E-state index in [1.807, 2.05) is 78.9 Å². The fourth-order valence-electron chi connectivity index (χ4n) is 6.68. The average molecular weight is 894 g/mol. The molecule has 2 fully saturated rings. The van der Waals surface area contributed by atoms with E-state index < -0.39 is 0 Å². The van der Waals surface area contributed by atoms with E-state index in [-0.39, 0.29) is 12.1 Å². The van der Waals surface area contributed by atoms with Crippen LogP contribution in [0.5, 0.6) is 0 Å². The summed E-state index contributed by atoms with van der Waals surface area (Å²) in [5.41, 5.74) is 6.34. The van der Waals surface area contributed by atoms with E-state index in [4.69, 9.17) is 28.2 Å². The van der Waals surface area contributed by atoms with Gasteiger partial charge in [-0.05, 0) is 132 Å². The number of carbonyl (C=O) groups excluding carboxylic acids is 2. The van der Waals surface area contributed by atoms with Gasteiger partial charge in [0.1, 0.15) is 10.4 Å². The number of nitrogens with one attached hydrogen (secondary N) is 4.